The Morgan fingerprint density at radius 2 is 2.38 bits per heavy atom. The van der Waals surface area contributed by atoms with Gasteiger partial charge in [-0.25, -0.2) is 0 Å². The summed E-state index contributed by atoms with van der Waals surface area (Å²) in [6, 6.07) is 1.53. The first-order valence-electron chi connectivity index (χ1n) is 4.15. The molecule has 1 aromatic rings. The fourth-order valence-corrected chi connectivity index (χ4v) is 2.10. The van der Waals surface area contributed by atoms with Crippen molar-refractivity contribution in [2.45, 2.75) is 25.7 Å². The van der Waals surface area contributed by atoms with Crippen molar-refractivity contribution in [3.8, 4) is 5.75 Å². The summed E-state index contributed by atoms with van der Waals surface area (Å²) in [5.74, 6) is -1.12. The van der Waals surface area contributed by atoms with Gasteiger partial charge in [0.05, 0.1) is 5.92 Å². The van der Waals surface area contributed by atoms with E-state index in [4.69, 9.17) is 10.2 Å². The van der Waals surface area contributed by atoms with Crippen LogP contribution in [-0.4, -0.2) is 16.2 Å². The molecule has 2 N–H and O–H groups in total. The van der Waals surface area contributed by atoms with E-state index in [0.717, 1.165) is 11.3 Å². The van der Waals surface area contributed by atoms with Crippen molar-refractivity contribution >= 4 is 17.3 Å². The first-order chi connectivity index (χ1) is 6.15. The first-order valence-corrected chi connectivity index (χ1v) is 5.03. The van der Waals surface area contributed by atoms with Gasteiger partial charge in [0.15, 0.2) is 0 Å². The van der Waals surface area contributed by atoms with E-state index < -0.39 is 11.9 Å². The Bertz CT molecular complexity index is 293. The number of thiophene rings is 1. The molecule has 0 amide bonds. The predicted octanol–water partition coefficient (Wildman–Crippen LogP) is 2.42. The van der Waals surface area contributed by atoms with E-state index in [2.05, 4.69) is 0 Å². The van der Waals surface area contributed by atoms with Gasteiger partial charge in [-0.3, -0.25) is 4.79 Å². The lowest BCUT2D eigenvalue weighted by Gasteiger charge is -2.07. The minimum atomic E-state index is -0.816. The molecule has 1 rings (SSSR count). The van der Waals surface area contributed by atoms with Crippen LogP contribution < -0.4 is 0 Å². The van der Waals surface area contributed by atoms with Gasteiger partial charge in [-0.05, 0) is 12.5 Å². The summed E-state index contributed by atoms with van der Waals surface area (Å²) in [6.07, 6.45) is 1.45. The van der Waals surface area contributed by atoms with Crippen LogP contribution in [0.3, 0.4) is 0 Å². The van der Waals surface area contributed by atoms with Crippen LogP contribution in [0.25, 0.3) is 0 Å². The number of carboxylic acids is 1. The molecule has 3 nitrogen and oxygen atoms in total. The maximum absolute atomic E-state index is 10.8. The number of hydrogen-bond acceptors (Lipinski definition) is 3. The van der Waals surface area contributed by atoms with E-state index in [9.17, 15) is 4.79 Å². The maximum atomic E-state index is 10.8. The van der Waals surface area contributed by atoms with Gasteiger partial charge in [-0.15, -0.1) is 11.3 Å². The molecule has 72 valence electrons. The van der Waals surface area contributed by atoms with Gasteiger partial charge in [0.2, 0.25) is 0 Å². The number of hydrogen-bond donors (Lipinski definition) is 2. The van der Waals surface area contributed by atoms with E-state index in [1.165, 1.54) is 17.4 Å². The van der Waals surface area contributed by atoms with Gasteiger partial charge >= 0.3 is 5.97 Å². The van der Waals surface area contributed by atoms with Crippen LogP contribution >= 0.6 is 11.3 Å². The number of carbonyl (C=O) groups is 1. The molecule has 0 aliphatic rings. The monoisotopic (exact) mass is 200 g/mol. The van der Waals surface area contributed by atoms with E-state index in [-0.39, 0.29) is 5.75 Å². The summed E-state index contributed by atoms with van der Waals surface area (Å²) in [6.45, 7) is 1.95. The van der Waals surface area contributed by atoms with Crippen LogP contribution in [0.15, 0.2) is 11.4 Å². The summed E-state index contributed by atoms with van der Waals surface area (Å²) in [4.78, 5) is 11.6. The molecule has 13 heavy (non-hydrogen) atoms. The highest BCUT2D eigenvalue weighted by Gasteiger charge is 2.20. The summed E-state index contributed by atoms with van der Waals surface area (Å²) in [5, 5.41) is 19.5. The highest BCUT2D eigenvalue weighted by molar-refractivity contribution is 7.10. The molecule has 0 radical (unpaired) electrons. The highest BCUT2D eigenvalue weighted by atomic mass is 32.1. The highest BCUT2D eigenvalue weighted by Crippen LogP contribution is 2.30. The molecule has 0 bridgehead atoms. The molecule has 1 unspecified atom stereocenters. The Hall–Kier alpha value is -1.03. The van der Waals surface area contributed by atoms with E-state index in [0.29, 0.717) is 6.42 Å². The average Bonchev–Trinajstić information content (AvgIpc) is 2.46. The smallest absolute Gasteiger partial charge is 0.311 e. The van der Waals surface area contributed by atoms with Crippen LogP contribution in [-0.2, 0) is 4.79 Å². The fourth-order valence-electron chi connectivity index (χ4n) is 1.20. The molecule has 1 aromatic heterocycles. The van der Waals surface area contributed by atoms with Crippen LogP contribution in [0.5, 0.6) is 5.75 Å². The van der Waals surface area contributed by atoms with Crippen molar-refractivity contribution in [1.82, 2.24) is 0 Å². The average molecular weight is 200 g/mol. The van der Waals surface area contributed by atoms with Crippen LogP contribution in [0.2, 0.25) is 0 Å². The Kier molecular flexibility index (Phi) is 3.31. The number of aliphatic carboxylic acids is 1. The van der Waals surface area contributed by atoms with Crippen LogP contribution in [0.4, 0.5) is 0 Å². The second-order valence-corrected chi connectivity index (χ2v) is 3.83. The second kappa shape index (κ2) is 4.28. The lowest BCUT2D eigenvalue weighted by Crippen LogP contribution is -2.09. The van der Waals surface area contributed by atoms with Crippen LogP contribution in [0.1, 0.15) is 30.6 Å². The Morgan fingerprint density at radius 1 is 1.69 bits per heavy atom. The molecule has 1 atom stereocenters. The van der Waals surface area contributed by atoms with Gasteiger partial charge in [-0.2, -0.15) is 0 Å². The van der Waals surface area contributed by atoms with Crippen molar-refractivity contribution in [2.75, 3.05) is 0 Å². The largest absolute Gasteiger partial charge is 0.507 e. The molecule has 4 heteroatoms. The van der Waals surface area contributed by atoms with Crippen LogP contribution in [0, 0.1) is 0 Å². The van der Waals surface area contributed by atoms with Gasteiger partial charge in [0, 0.05) is 10.3 Å². The minimum Gasteiger partial charge on any atom is -0.507 e. The van der Waals surface area contributed by atoms with Gasteiger partial charge in [-0.1, -0.05) is 13.3 Å². The van der Waals surface area contributed by atoms with Crippen molar-refractivity contribution in [3.63, 3.8) is 0 Å². The van der Waals surface area contributed by atoms with E-state index in [1.54, 1.807) is 5.38 Å². The number of aromatic hydroxyl groups is 1. The Morgan fingerprint density at radius 3 is 2.77 bits per heavy atom. The maximum Gasteiger partial charge on any atom is 0.311 e. The molecular formula is C9H12O3S. The van der Waals surface area contributed by atoms with Gasteiger partial charge < -0.3 is 10.2 Å². The zero-order valence-electron chi connectivity index (χ0n) is 7.36. The molecule has 1 heterocycles. The summed E-state index contributed by atoms with van der Waals surface area (Å²) >= 11 is 1.30. The minimum absolute atomic E-state index is 0.155. The first kappa shape index (κ1) is 10.1. The van der Waals surface area contributed by atoms with Crippen molar-refractivity contribution < 1.29 is 15.0 Å². The lowest BCUT2D eigenvalue weighted by atomic mass is 10.0. The van der Waals surface area contributed by atoms with Gasteiger partial charge in [0.1, 0.15) is 5.75 Å². The molecular weight excluding hydrogens is 188 g/mol. The normalized spacial score (nSPS) is 12.7. The molecule has 0 saturated carbocycles. The summed E-state index contributed by atoms with van der Waals surface area (Å²) in [5.41, 5.74) is 0. The number of rotatable bonds is 4. The predicted molar refractivity (Wildman–Crippen MR) is 51.3 cm³/mol. The van der Waals surface area contributed by atoms with Crippen molar-refractivity contribution in [1.29, 1.82) is 0 Å². The second-order valence-electron chi connectivity index (χ2n) is 2.89. The number of carboxylic acid groups (broad SMARTS) is 1. The summed E-state index contributed by atoms with van der Waals surface area (Å²) in [7, 11) is 0. The molecule has 0 saturated heterocycles. The summed E-state index contributed by atoms with van der Waals surface area (Å²) < 4.78 is 0. The molecule has 0 aliphatic carbocycles. The molecule has 0 fully saturated rings. The quantitative estimate of drug-likeness (QED) is 0.784. The third kappa shape index (κ3) is 2.45. The Balaban J connectivity index is 2.81. The third-order valence-electron chi connectivity index (χ3n) is 1.82. The zero-order chi connectivity index (χ0) is 9.84. The van der Waals surface area contributed by atoms with Crippen molar-refractivity contribution in [3.05, 3.63) is 16.3 Å². The van der Waals surface area contributed by atoms with Gasteiger partial charge in [0.25, 0.3) is 0 Å². The van der Waals surface area contributed by atoms with E-state index >= 15 is 0 Å². The molecule has 0 aliphatic heterocycles. The Labute approximate surface area is 80.6 Å². The SMILES string of the molecule is CCCC(C(=O)O)c1cc(O)cs1. The van der Waals surface area contributed by atoms with Crippen molar-refractivity contribution in [2.24, 2.45) is 0 Å². The molecule has 0 spiro atoms. The van der Waals surface area contributed by atoms with E-state index in [1.807, 2.05) is 6.92 Å². The standard InChI is InChI=1S/C9H12O3S/c1-2-3-7(9(11)12)8-4-6(10)5-13-8/h4-5,7,10H,2-3H2,1H3,(H,11,12). The molecule has 0 aromatic carbocycles. The lowest BCUT2D eigenvalue weighted by molar-refractivity contribution is -0.138. The third-order valence-corrected chi connectivity index (χ3v) is 2.86. The fraction of sp³-hybridized carbons (Fsp3) is 0.444. The zero-order valence-corrected chi connectivity index (χ0v) is 8.17. The topological polar surface area (TPSA) is 57.5 Å².